The third kappa shape index (κ3) is 4.03. The van der Waals surface area contributed by atoms with E-state index in [-0.39, 0.29) is 4.90 Å². The summed E-state index contributed by atoms with van der Waals surface area (Å²) in [7, 11) is -3.68. The van der Waals surface area contributed by atoms with Gasteiger partial charge < -0.3 is 0 Å². The number of aromatic nitrogens is 2. The fourth-order valence-corrected chi connectivity index (χ4v) is 4.07. The number of benzene rings is 2. The molecule has 136 valence electrons. The Hall–Kier alpha value is -2.02. The lowest BCUT2D eigenvalue weighted by molar-refractivity contribution is 0.601. The first-order valence-corrected chi connectivity index (χ1v) is 10.1. The SMILES string of the molecule is Cc1ccc(S(=O)(=O)Nc2cnn(Cc3c(Cl)cccc3Cl)c2)cc1C. The summed E-state index contributed by atoms with van der Waals surface area (Å²) in [4.78, 5) is 0.211. The largest absolute Gasteiger partial charge is 0.276 e. The minimum absolute atomic E-state index is 0.211. The van der Waals surface area contributed by atoms with E-state index in [1.165, 1.54) is 6.20 Å². The van der Waals surface area contributed by atoms with Crippen LogP contribution in [0.3, 0.4) is 0 Å². The van der Waals surface area contributed by atoms with Gasteiger partial charge in [-0.1, -0.05) is 35.3 Å². The molecule has 0 radical (unpaired) electrons. The molecule has 0 aliphatic heterocycles. The summed E-state index contributed by atoms with van der Waals surface area (Å²) in [5.41, 5.74) is 3.04. The molecule has 0 bridgehead atoms. The number of nitrogens with zero attached hydrogens (tertiary/aromatic N) is 2. The molecule has 1 heterocycles. The van der Waals surface area contributed by atoms with E-state index in [0.29, 0.717) is 22.3 Å². The van der Waals surface area contributed by atoms with Gasteiger partial charge in [-0.2, -0.15) is 5.10 Å². The number of hydrogen-bond donors (Lipinski definition) is 1. The normalized spacial score (nSPS) is 11.5. The summed E-state index contributed by atoms with van der Waals surface area (Å²) in [5, 5.41) is 5.24. The van der Waals surface area contributed by atoms with Gasteiger partial charge in [-0.25, -0.2) is 8.42 Å². The van der Waals surface area contributed by atoms with Crippen LogP contribution >= 0.6 is 23.2 Å². The first kappa shape index (κ1) is 18.8. The third-order valence-electron chi connectivity index (χ3n) is 4.06. The second-order valence-corrected chi connectivity index (χ2v) is 8.48. The fourth-order valence-electron chi connectivity index (χ4n) is 2.44. The van der Waals surface area contributed by atoms with Crippen LogP contribution in [0.1, 0.15) is 16.7 Å². The average Bonchev–Trinajstić information content (AvgIpc) is 3.00. The molecule has 2 aromatic carbocycles. The van der Waals surface area contributed by atoms with E-state index >= 15 is 0 Å². The molecule has 0 unspecified atom stereocenters. The van der Waals surface area contributed by atoms with Crippen LogP contribution in [0.2, 0.25) is 10.0 Å². The Morgan fingerprint density at radius 1 is 1.08 bits per heavy atom. The van der Waals surface area contributed by atoms with Crippen molar-refractivity contribution in [2.75, 3.05) is 4.72 Å². The maximum atomic E-state index is 12.6. The first-order valence-electron chi connectivity index (χ1n) is 7.82. The Labute approximate surface area is 162 Å². The number of anilines is 1. The van der Waals surface area contributed by atoms with Gasteiger partial charge in [0.2, 0.25) is 0 Å². The lowest BCUT2D eigenvalue weighted by Gasteiger charge is -2.08. The topological polar surface area (TPSA) is 64.0 Å². The van der Waals surface area contributed by atoms with Gasteiger partial charge in [0, 0.05) is 21.8 Å². The molecule has 0 spiro atoms. The minimum Gasteiger partial charge on any atom is -0.276 e. The maximum Gasteiger partial charge on any atom is 0.262 e. The van der Waals surface area contributed by atoms with Gasteiger partial charge in [0.15, 0.2) is 0 Å². The molecule has 1 N–H and O–H groups in total. The van der Waals surface area contributed by atoms with E-state index < -0.39 is 10.0 Å². The van der Waals surface area contributed by atoms with Crippen LogP contribution in [0.25, 0.3) is 0 Å². The van der Waals surface area contributed by atoms with Gasteiger partial charge in [-0.05, 0) is 49.2 Å². The van der Waals surface area contributed by atoms with Crippen molar-refractivity contribution in [2.45, 2.75) is 25.3 Å². The predicted octanol–water partition coefficient (Wildman–Crippen LogP) is 4.66. The zero-order valence-electron chi connectivity index (χ0n) is 14.2. The number of hydrogen-bond acceptors (Lipinski definition) is 3. The van der Waals surface area contributed by atoms with Crippen LogP contribution in [0, 0.1) is 13.8 Å². The molecule has 26 heavy (non-hydrogen) atoms. The number of sulfonamides is 1. The molecule has 3 rings (SSSR count). The number of aryl methyl sites for hydroxylation is 2. The molecule has 1 aromatic heterocycles. The zero-order valence-corrected chi connectivity index (χ0v) is 16.5. The second kappa shape index (κ2) is 7.31. The number of halogens is 2. The highest BCUT2D eigenvalue weighted by atomic mass is 35.5. The average molecular weight is 410 g/mol. The van der Waals surface area contributed by atoms with Crippen molar-refractivity contribution in [2.24, 2.45) is 0 Å². The summed E-state index contributed by atoms with van der Waals surface area (Å²) in [6.45, 7) is 4.15. The molecule has 0 saturated heterocycles. The van der Waals surface area contributed by atoms with E-state index in [1.54, 1.807) is 47.3 Å². The van der Waals surface area contributed by atoms with Crippen LogP contribution in [0.4, 0.5) is 5.69 Å². The van der Waals surface area contributed by atoms with E-state index in [1.807, 2.05) is 13.8 Å². The van der Waals surface area contributed by atoms with Crippen molar-refractivity contribution in [3.8, 4) is 0 Å². The van der Waals surface area contributed by atoms with E-state index in [2.05, 4.69) is 9.82 Å². The van der Waals surface area contributed by atoms with Crippen LogP contribution in [0.5, 0.6) is 0 Å². The van der Waals surface area contributed by atoms with Gasteiger partial charge in [0.1, 0.15) is 0 Å². The summed E-state index contributed by atoms with van der Waals surface area (Å²) >= 11 is 12.3. The third-order valence-corrected chi connectivity index (χ3v) is 6.14. The van der Waals surface area contributed by atoms with Gasteiger partial charge >= 0.3 is 0 Å². The highest BCUT2D eigenvalue weighted by Crippen LogP contribution is 2.25. The Balaban J connectivity index is 1.80. The summed E-state index contributed by atoms with van der Waals surface area (Å²) < 4.78 is 29.2. The predicted molar refractivity (Wildman–Crippen MR) is 105 cm³/mol. The summed E-state index contributed by atoms with van der Waals surface area (Å²) in [6, 6.07) is 10.3. The van der Waals surface area contributed by atoms with Crippen molar-refractivity contribution in [1.82, 2.24) is 9.78 Å². The Bertz CT molecular complexity index is 1040. The van der Waals surface area contributed by atoms with Crippen LogP contribution in [-0.4, -0.2) is 18.2 Å². The lowest BCUT2D eigenvalue weighted by atomic mass is 10.1. The second-order valence-electron chi connectivity index (χ2n) is 5.98. The van der Waals surface area contributed by atoms with Gasteiger partial charge in [-0.3, -0.25) is 9.40 Å². The van der Waals surface area contributed by atoms with E-state index in [9.17, 15) is 8.42 Å². The van der Waals surface area contributed by atoms with Crippen molar-refractivity contribution < 1.29 is 8.42 Å². The van der Waals surface area contributed by atoms with Gasteiger partial charge in [0.25, 0.3) is 10.0 Å². The Morgan fingerprint density at radius 2 is 1.77 bits per heavy atom. The molecule has 5 nitrogen and oxygen atoms in total. The van der Waals surface area contributed by atoms with Crippen molar-refractivity contribution in [3.63, 3.8) is 0 Å². The molecule has 0 atom stereocenters. The molecule has 0 amide bonds. The van der Waals surface area contributed by atoms with E-state index in [0.717, 1.165) is 16.7 Å². The van der Waals surface area contributed by atoms with Gasteiger partial charge in [-0.15, -0.1) is 0 Å². The maximum absolute atomic E-state index is 12.6. The molecule has 0 aliphatic rings. The molecule has 0 fully saturated rings. The molecular formula is C18H17Cl2N3O2S. The first-order chi connectivity index (χ1) is 12.3. The number of nitrogens with one attached hydrogen (secondary N) is 1. The minimum atomic E-state index is -3.68. The van der Waals surface area contributed by atoms with Crippen LogP contribution in [-0.2, 0) is 16.6 Å². The fraction of sp³-hybridized carbons (Fsp3) is 0.167. The Kier molecular flexibility index (Phi) is 5.27. The molecular weight excluding hydrogens is 393 g/mol. The highest BCUT2D eigenvalue weighted by molar-refractivity contribution is 7.92. The smallest absolute Gasteiger partial charge is 0.262 e. The van der Waals surface area contributed by atoms with Crippen LogP contribution < -0.4 is 4.72 Å². The van der Waals surface area contributed by atoms with Crippen molar-refractivity contribution >= 4 is 38.9 Å². The van der Waals surface area contributed by atoms with Crippen LogP contribution in [0.15, 0.2) is 53.7 Å². The van der Waals surface area contributed by atoms with Crippen molar-refractivity contribution in [3.05, 3.63) is 75.5 Å². The molecule has 3 aromatic rings. The summed E-state index contributed by atoms with van der Waals surface area (Å²) in [6.07, 6.45) is 3.04. The van der Waals surface area contributed by atoms with Gasteiger partial charge in [0.05, 0.1) is 23.3 Å². The Morgan fingerprint density at radius 3 is 2.42 bits per heavy atom. The summed E-state index contributed by atoms with van der Waals surface area (Å²) in [5.74, 6) is 0. The molecule has 8 heteroatoms. The monoisotopic (exact) mass is 409 g/mol. The quantitative estimate of drug-likeness (QED) is 0.666. The van der Waals surface area contributed by atoms with E-state index in [4.69, 9.17) is 23.2 Å². The molecule has 0 aliphatic carbocycles. The highest BCUT2D eigenvalue weighted by Gasteiger charge is 2.16. The molecule has 0 saturated carbocycles. The zero-order chi connectivity index (χ0) is 18.9. The standard InChI is InChI=1S/C18H17Cl2N3O2S/c1-12-6-7-15(8-13(12)2)26(24,25)22-14-9-21-23(10-14)11-16-17(19)4-3-5-18(16)20/h3-10,22H,11H2,1-2H3. The van der Waals surface area contributed by atoms with Crippen molar-refractivity contribution in [1.29, 1.82) is 0 Å². The lowest BCUT2D eigenvalue weighted by Crippen LogP contribution is -2.13. The number of rotatable bonds is 5.